The van der Waals surface area contributed by atoms with Gasteiger partial charge < -0.3 is 9.72 Å². The molecule has 11 heteroatoms. The molecule has 0 unspecified atom stereocenters. The van der Waals surface area contributed by atoms with Gasteiger partial charge in [0.25, 0.3) is 5.91 Å². The van der Waals surface area contributed by atoms with Crippen molar-refractivity contribution in [1.82, 2.24) is 19.7 Å². The van der Waals surface area contributed by atoms with E-state index in [1.807, 2.05) is 26.0 Å². The minimum Gasteiger partial charge on any atom is -0.467 e. The number of hydrogen-bond donors (Lipinski definition) is 2. The van der Waals surface area contributed by atoms with Crippen LogP contribution in [0.25, 0.3) is 16.7 Å². The maximum Gasteiger partial charge on any atom is 0.435 e. The summed E-state index contributed by atoms with van der Waals surface area (Å²) in [7, 11) is 0. The highest BCUT2D eigenvalue weighted by Crippen LogP contribution is 2.33. The lowest BCUT2D eigenvalue weighted by Gasteiger charge is -2.10. The van der Waals surface area contributed by atoms with E-state index in [-0.39, 0.29) is 22.5 Å². The summed E-state index contributed by atoms with van der Waals surface area (Å²) in [5.74, 6) is -0.691. The normalized spacial score (nSPS) is 11.7. The molecular formula is C21H17ClF3N5O2. The van der Waals surface area contributed by atoms with Gasteiger partial charge in [0.15, 0.2) is 12.3 Å². The summed E-state index contributed by atoms with van der Waals surface area (Å²) in [6.45, 7) is 3.34. The summed E-state index contributed by atoms with van der Waals surface area (Å²) in [6, 6.07) is 10.7. The summed E-state index contributed by atoms with van der Waals surface area (Å²) in [5, 5.41) is 6.26. The molecule has 1 amide bonds. The highest BCUT2D eigenvalue weighted by Gasteiger charge is 2.36. The summed E-state index contributed by atoms with van der Waals surface area (Å²) in [4.78, 5) is 19.6. The molecule has 7 nitrogen and oxygen atoms in total. The van der Waals surface area contributed by atoms with Crippen LogP contribution in [0.4, 0.5) is 19.1 Å². The number of carbonyl (C=O) groups excluding carboxylic acids is 1. The Kier molecular flexibility index (Phi) is 5.55. The van der Waals surface area contributed by atoms with Crippen molar-refractivity contribution in [2.75, 3.05) is 11.9 Å². The van der Waals surface area contributed by atoms with E-state index in [0.29, 0.717) is 11.6 Å². The van der Waals surface area contributed by atoms with Gasteiger partial charge in [0.2, 0.25) is 11.8 Å². The summed E-state index contributed by atoms with van der Waals surface area (Å²) >= 11 is 6.10. The van der Waals surface area contributed by atoms with Gasteiger partial charge >= 0.3 is 6.18 Å². The zero-order chi connectivity index (χ0) is 23.0. The average Bonchev–Trinajstić information content (AvgIpc) is 3.30. The molecule has 0 aliphatic rings. The number of H-pyrrole nitrogens is 1. The first kappa shape index (κ1) is 21.7. The van der Waals surface area contributed by atoms with E-state index in [1.165, 1.54) is 12.1 Å². The van der Waals surface area contributed by atoms with Crippen LogP contribution in [0.15, 0.2) is 42.5 Å². The fraction of sp³-hybridized carbons (Fsp3) is 0.190. The van der Waals surface area contributed by atoms with Crippen LogP contribution in [-0.2, 0) is 11.0 Å². The number of aryl methyl sites for hydroxylation is 2. The van der Waals surface area contributed by atoms with Gasteiger partial charge in [0.05, 0.1) is 21.7 Å². The van der Waals surface area contributed by atoms with Crippen molar-refractivity contribution in [2.45, 2.75) is 20.0 Å². The lowest BCUT2D eigenvalue weighted by atomic mass is 10.1. The van der Waals surface area contributed by atoms with Gasteiger partial charge in [-0.2, -0.15) is 23.0 Å². The number of imidazole rings is 1. The first-order chi connectivity index (χ1) is 15.1. The topological polar surface area (TPSA) is 84.8 Å². The Balaban J connectivity index is 1.53. The molecule has 0 atom stereocenters. The van der Waals surface area contributed by atoms with Crippen LogP contribution in [-0.4, -0.2) is 32.3 Å². The van der Waals surface area contributed by atoms with E-state index in [4.69, 9.17) is 16.3 Å². The molecule has 0 fully saturated rings. The third-order valence-corrected chi connectivity index (χ3v) is 5.07. The van der Waals surface area contributed by atoms with Crippen LogP contribution in [0.5, 0.6) is 5.88 Å². The largest absolute Gasteiger partial charge is 0.467 e. The zero-order valence-electron chi connectivity index (χ0n) is 16.9. The van der Waals surface area contributed by atoms with Crippen LogP contribution in [0, 0.1) is 13.8 Å². The Bertz CT molecular complexity index is 1270. The maximum atomic E-state index is 13.2. The van der Waals surface area contributed by atoms with E-state index in [1.54, 1.807) is 12.1 Å². The number of amides is 1. The monoisotopic (exact) mass is 463 g/mol. The van der Waals surface area contributed by atoms with Crippen LogP contribution in [0.1, 0.15) is 16.8 Å². The Labute approximate surface area is 185 Å². The molecule has 0 saturated carbocycles. The number of halogens is 4. The van der Waals surface area contributed by atoms with E-state index in [2.05, 4.69) is 20.4 Å². The molecule has 2 aromatic heterocycles. The predicted molar refractivity (Wildman–Crippen MR) is 113 cm³/mol. The van der Waals surface area contributed by atoms with Gasteiger partial charge in [0.1, 0.15) is 0 Å². The van der Waals surface area contributed by atoms with Gasteiger partial charge in [-0.15, -0.1) is 0 Å². The average molecular weight is 464 g/mol. The van der Waals surface area contributed by atoms with E-state index >= 15 is 0 Å². The van der Waals surface area contributed by atoms with E-state index in [9.17, 15) is 18.0 Å². The molecule has 32 heavy (non-hydrogen) atoms. The number of rotatable bonds is 5. The SMILES string of the molecule is Cc1cc2nc(NC(=O)COc3cc(C(F)(F)F)nn3-c3ccccc3Cl)[nH]c2cc1C. The third kappa shape index (κ3) is 4.40. The number of anilines is 1. The number of alkyl halides is 3. The number of aromatic nitrogens is 4. The van der Waals surface area contributed by atoms with Crippen molar-refractivity contribution < 1.29 is 22.7 Å². The van der Waals surface area contributed by atoms with Gasteiger partial charge in [-0.3, -0.25) is 10.1 Å². The molecule has 0 aliphatic heterocycles. The highest BCUT2D eigenvalue weighted by atomic mass is 35.5. The molecule has 2 N–H and O–H groups in total. The number of para-hydroxylation sites is 1. The summed E-state index contributed by atoms with van der Waals surface area (Å²) in [5.41, 5.74) is 2.56. The molecule has 166 valence electrons. The molecule has 0 bridgehead atoms. The molecular weight excluding hydrogens is 447 g/mol. The van der Waals surface area contributed by atoms with Gasteiger partial charge in [0, 0.05) is 6.07 Å². The second-order valence-electron chi connectivity index (χ2n) is 7.10. The fourth-order valence-corrected chi connectivity index (χ4v) is 3.25. The van der Waals surface area contributed by atoms with Crippen LogP contribution >= 0.6 is 11.6 Å². The maximum absolute atomic E-state index is 13.2. The van der Waals surface area contributed by atoms with Crippen molar-refractivity contribution in [1.29, 1.82) is 0 Å². The molecule has 2 aromatic carbocycles. The lowest BCUT2D eigenvalue weighted by Crippen LogP contribution is -2.21. The molecule has 4 rings (SSSR count). The van der Waals surface area contributed by atoms with Crippen molar-refractivity contribution in [2.24, 2.45) is 0 Å². The minimum atomic E-state index is -4.70. The van der Waals surface area contributed by atoms with E-state index < -0.39 is 24.4 Å². The second kappa shape index (κ2) is 8.19. The number of nitrogens with zero attached hydrogens (tertiary/aromatic N) is 3. The zero-order valence-corrected chi connectivity index (χ0v) is 17.7. The highest BCUT2D eigenvalue weighted by molar-refractivity contribution is 6.32. The van der Waals surface area contributed by atoms with Crippen molar-refractivity contribution in [3.8, 4) is 11.6 Å². The number of hydrogen-bond acceptors (Lipinski definition) is 4. The molecule has 2 heterocycles. The smallest absolute Gasteiger partial charge is 0.435 e. The Morgan fingerprint density at radius 1 is 1.19 bits per heavy atom. The molecule has 0 saturated heterocycles. The molecule has 4 aromatic rings. The first-order valence-electron chi connectivity index (χ1n) is 9.43. The standard InChI is InChI=1S/C21H17ClF3N5O2/c1-11-7-14-15(8-12(11)2)27-20(26-14)28-18(31)10-32-19-9-17(21(23,24)25)29-30(19)16-6-4-3-5-13(16)22/h3-9H,10H2,1-2H3,(H2,26,27,28,31). The van der Waals surface area contributed by atoms with Crippen molar-refractivity contribution in [3.05, 3.63) is 64.3 Å². The Morgan fingerprint density at radius 2 is 1.91 bits per heavy atom. The lowest BCUT2D eigenvalue weighted by molar-refractivity contribution is -0.141. The molecule has 0 aliphatic carbocycles. The Morgan fingerprint density at radius 3 is 2.62 bits per heavy atom. The van der Waals surface area contributed by atoms with Crippen LogP contribution in [0.3, 0.4) is 0 Å². The van der Waals surface area contributed by atoms with Gasteiger partial charge in [-0.1, -0.05) is 23.7 Å². The van der Waals surface area contributed by atoms with Crippen molar-refractivity contribution in [3.63, 3.8) is 0 Å². The second-order valence-corrected chi connectivity index (χ2v) is 7.51. The third-order valence-electron chi connectivity index (χ3n) is 4.75. The van der Waals surface area contributed by atoms with Crippen LogP contribution in [0.2, 0.25) is 5.02 Å². The van der Waals surface area contributed by atoms with Crippen molar-refractivity contribution >= 4 is 34.5 Å². The quantitative estimate of drug-likeness (QED) is 0.433. The van der Waals surface area contributed by atoms with E-state index in [0.717, 1.165) is 21.3 Å². The number of ether oxygens (including phenoxy) is 1. The number of benzene rings is 2. The number of carbonyl (C=O) groups is 1. The first-order valence-corrected chi connectivity index (χ1v) is 9.81. The summed E-state index contributed by atoms with van der Waals surface area (Å²) < 4.78 is 45.8. The number of aromatic amines is 1. The molecule has 0 radical (unpaired) electrons. The van der Waals surface area contributed by atoms with Gasteiger partial charge in [-0.05, 0) is 49.2 Å². The van der Waals surface area contributed by atoms with Crippen LogP contribution < -0.4 is 10.1 Å². The number of fused-ring (bicyclic) bond motifs is 1. The molecule has 0 spiro atoms. The fourth-order valence-electron chi connectivity index (χ4n) is 3.04. The predicted octanol–water partition coefficient (Wildman–Crippen LogP) is 5.06. The Hall–Kier alpha value is -3.53. The number of nitrogens with one attached hydrogen (secondary N) is 2. The minimum absolute atomic E-state index is 0.173. The summed E-state index contributed by atoms with van der Waals surface area (Å²) in [6.07, 6.45) is -4.70. The van der Waals surface area contributed by atoms with Gasteiger partial charge in [-0.25, -0.2) is 4.98 Å².